The van der Waals surface area contributed by atoms with Crippen molar-refractivity contribution < 1.29 is 9.84 Å². The molecule has 2 heteroatoms. The summed E-state index contributed by atoms with van der Waals surface area (Å²) in [5.74, 6) is 1.31. The van der Waals surface area contributed by atoms with Gasteiger partial charge < -0.3 is 9.84 Å². The summed E-state index contributed by atoms with van der Waals surface area (Å²) < 4.78 is 5.56. The van der Waals surface area contributed by atoms with Crippen LogP contribution in [0.2, 0.25) is 0 Å². The summed E-state index contributed by atoms with van der Waals surface area (Å²) in [5, 5.41) is 10.3. The molecule has 4 atom stereocenters. The molecule has 0 aromatic rings. The largest absolute Gasteiger partial charge is 0.367 e. The number of aliphatic hydroxyl groups is 1. The van der Waals surface area contributed by atoms with Crippen LogP contribution in [0.25, 0.3) is 0 Å². The molecule has 22 heavy (non-hydrogen) atoms. The Morgan fingerprint density at radius 2 is 2.18 bits per heavy atom. The lowest BCUT2D eigenvalue weighted by atomic mass is 9.74. The van der Waals surface area contributed by atoms with E-state index in [0.29, 0.717) is 18.4 Å². The molecule has 0 aromatic carbocycles. The first kappa shape index (κ1) is 17.5. The summed E-state index contributed by atoms with van der Waals surface area (Å²) in [6.45, 7) is 9.51. The maximum atomic E-state index is 10.3. The summed E-state index contributed by atoms with van der Waals surface area (Å²) in [5.41, 5.74) is 4.19. The third-order valence-corrected chi connectivity index (χ3v) is 5.24. The molecule has 0 radical (unpaired) electrons. The van der Waals surface area contributed by atoms with E-state index in [0.717, 1.165) is 25.7 Å². The molecule has 0 spiro atoms. The summed E-state index contributed by atoms with van der Waals surface area (Å²) in [4.78, 5) is 0. The lowest BCUT2D eigenvalue weighted by Crippen LogP contribution is -2.29. The fraction of sp³-hybridized carbons (Fsp3) is 0.700. The minimum atomic E-state index is -0.611. The molecule has 1 N–H and O–H groups in total. The van der Waals surface area contributed by atoms with Crippen LogP contribution in [0.4, 0.5) is 0 Å². The van der Waals surface area contributed by atoms with Gasteiger partial charge >= 0.3 is 0 Å². The first-order valence-electron chi connectivity index (χ1n) is 8.76. The number of hydrogen-bond donors (Lipinski definition) is 1. The van der Waals surface area contributed by atoms with Gasteiger partial charge in [0.1, 0.15) is 0 Å². The van der Waals surface area contributed by atoms with E-state index in [1.54, 1.807) is 0 Å². The minimum Gasteiger partial charge on any atom is -0.367 e. The molecule has 1 heterocycles. The maximum Gasteiger partial charge on any atom is 0.161 e. The first-order chi connectivity index (χ1) is 10.5. The van der Waals surface area contributed by atoms with E-state index in [9.17, 15) is 5.11 Å². The fourth-order valence-corrected chi connectivity index (χ4v) is 3.82. The van der Waals surface area contributed by atoms with Crippen molar-refractivity contribution in [3.05, 3.63) is 34.9 Å². The van der Waals surface area contributed by atoms with Crippen molar-refractivity contribution in [2.24, 2.45) is 17.8 Å². The van der Waals surface area contributed by atoms with E-state index < -0.39 is 6.29 Å². The quantitative estimate of drug-likeness (QED) is 0.740. The van der Waals surface area contributed by atoms with Crippen molar-refractivity contribution >= 4 is 0 Å². The van der Waals surface area contributed by atoms with Gasteiger partial charge in [-0.2, -0.15) is 0 Å². The van der Waals surface area contributed by atoms with Crippen LogP contribution in [0.1, 0.15) is 59.8 Å². The van der Waals surface area contributed by atoms with E-state index in [1.165, 1.54) is 23.1 Å². The Bertz CT molecular complexity index is 454. The fourth-order valence-electron chi connectivity index (χ4n) is 3.82. The highest BCUT2D eigenvalue weighted by atomic mass is 16.6. The molecule has 0 aromatic heterocycles. The molecule has 2 nitrogen and oxygen atoms in total. The van der Waals surface area contributed by atoms with Crippen molar-refractivity contribution in [1.29, 1.82) is 0 Å². The molecule has 124 valence electrons. The van der Waals surface area contributed by atoms with Crippen molar-refractivity contribution in [2.45, 2.75) is 66.1 Å². The van der Waals surface area contributed by atoms with Gasteiger partial charge in [0, 0.05) is 5.92 Å². The molecule has 0 unspecified atom stereocenters. The van der Waals surface area contributed by atoms with Gasteiger partial charge in [-0.15, -0.1) is 0 Å². The van der Waals surface area contributed by atoms with Gasteiger partial charge in [-0.1, -0.05) is 36.3 Å². The van der Waals surface area contributed by atoms with Crippen LogP contribution in [0.5, 0.6) is 0 Å². The standard InChI is InChI=1S/C20H32O2/c1-14(2)7-5-9-16(4)18-12-11-15(3)8-6-10-17-13-22-20(21)19(17)18/h7-8,10,16,18-21H,5-6,9,11-13H2,1-4H3/t16-,18-,19+,20+/m1/s1. The maximum absolute atomic E-state index is 10.3. The molecule has 0 amide bonds. The Hall–Kier alpha value is -0.860. The third kappa shape index (κ3) is 4.57. The van der Waals surface area contributed by atoms with Crippen molar-refractivity contribution in [3.63, 3.8) is 0 Å². The average Bonchev–Trinajstić information content (AvgIpc) is 2.83. The number of fused-ring (bicyclic) bond motifs is 1. The van der Waals surface area contributed by atoms with Gasteiger partial charge in [0.2, 0.25) is 0 Å². The molecule has 1 saturated heterocycles. The van der Waals surface area contributed by atoms with Gasteiger partial charge in [-0.25, -0.2) is 0 Å². The zero-order chi connectivity index (χ0) is 16.1. The Morgan fingerprint density at radius 3 is 2.91 bits per heavy atom. The molecule has 2 rings (SSSR count). The second kappa shape index (κ2) is 8.12. The van der Waals surface area contributed by atoms with Crippen LogP contribution in [0.3, 0.4) is 0 Å². The van der Waals surface area contributed by atoms with Crippen LogP contribution < -0.4 is 0 Å². The van der Waals surface area contributed by atoms with Gasteiger partial charge in [-0.3, -0.25) is 0 Å². The summed E-state index contributed by atoms with van der Waals surface area (Å²) in [6.07, 6.45) is 11.9. The molecule has 1 fully saturated rings. The van der Waals surface area contributed by atoms with E-state index in [2.05, 4.69) is 45.9 Å². The van der Waals surface area contributed by atoms with Crippen molar-refractivity contribution in [3.8, 4) is 0 Å². The van der Waals surface area contributed by atoms with E-state index in [4.69, 9.17) is 4.74 Å². The zero-order valence-corrected chi connectivity index (χ0v) is 14.6. The van der Waals surface area contributed by atoms with Crippen LogP contribution in [-0.2, 0) is 4.74 Å². The SMILES string of the molecule is CC(C)=CCC[C@@H](C)[C@H]1CCC(C)=CCC=C2CO[C@H](O)[C@@H]21. The molecule has 1 aliphatic heterocycles. The van der Waals surface area contributed by atoms with Crippen LogP contribution in [-0.4, -0.2) is 18.0 Å². The highest BCUT2D eigenvalue weighted by Crippen LogP contribution is 2.41. The predicted octanol–water partition coefficient (Wildman–Crippen LogP) is 5.01. The Labute approximate surface area is 136 Å². The third-order valence-electron chi connectivity index (χ3n) is 5.24. The lowest BCUT2D eigenvalue weighted by molar-refractivity contribution is -0.0976. The lowest BCUT2D eigenvalue weighted by Gasteiger charge is -2.31. The van der Waals surface area contributed by atoms with E-state index in [1.807, 2.05) is 0 Å². The Morgan fingerprint density at radius 1 is 1.41 bits per heavy atom. The molecule has 0 bridgehead atoms. The molecule has 1 aliphatic carbocycles. The second-order valence-corrected chi connectivity index (χ2v) is 7.33. The molecule has 0 saturated carbocycles. The predicted molar refractivity (Wildman–Crippen MR) is 92.5 cm³/mol. The Kier molecular flexibility index (Phi) is 6.46. The van der Waals surface area contributed by atoms with Crippen LogP contribution in [0, 0.1) is 17.8 Å². The normalized spacial score (nSPS) is 30.3. The number of hydrogen-bond acceptors (Lipinski definition) is 2. The van der Waals surface area contributed by atoms with Gasteiger partial charge in [0.25, 0.3) is 0 Å². The molecular formula is C20H32O2. The smallest absolute Gasteiger partial charge is 0.161 e. The molecule has 2 aliphatic rings. The monoisotopic (exact) mass is 304 g/mol. The highest BCUT2D eigenvalue weighted by molar-refractivity contribution is 5.18. The van der Waals surface area contributed by atoms with Crippen LogP contribution >= 0.6 is 0 Å². The number of allylic oxidation sites excluding steroid dienone is 5. The van der Waals surface area contributed by atoms with Gasteiger partial charge in [0.05, 0.1) is 6.61 Å². The minimum absolute atomic E-state index is 0.195. The summed E-state index contributed by atoms with van der Waals surface area (Å²) in [7, 11) is 0. The second-order valence-electron chi connectivity index (χ2n) is 7.33. The van der Waals surface area contributed by atoms with Crippen molar-refractivity contribution in [2.75, 3.05) is 6.61 Å². The average molecular weight is 304 g/mol. The van der Waals surface area contributed by atoms with E-state index in [-0.39, 0.29) is 5.92 Å². The topological polar surface area (TPSA) is 29.5 Å². The van der Waals surface area contributed by atoms with Crippen molar-refractivity contribution in [1.82, 2.24) is 0 Å². The summed E-state index contributed by atoms with van der Waals surface area (Å²) in [6, 6.07) is 0. The summed E-state index contributed by atoms with van der Waals surface area (Å²) >= 11 is 0. The van der Waals surface area contributed by atoms with Gasteiger partial charge in [-0.05, 0) is 70.3 Å². The first-order valence-corrected chi connectivity index (χ1v) is 8.76. The van der Waals surface area contributed by atoms with Crippen LogP contribution in [0.15, 0.2) is 34.9 Å². The zero-order valence-electron chi connectivity index (χ0n) is 14.6. The van der Waals surface area contributed by atoms with E-state index >= 15 is 0 Å². The van der Waals surface area contributed by atoms with Gasteiger partial charge in [0.15, 0.2) is 6.29 Å². The molecular weight excluding hydrogens is 272 g/mol. The number of rotatable bonds is 4. The number of aliphatic hydroxyl groups excluding tert-OH is 1. The Balaban J connectivity index is 2.13. The number of ether oxygens (including phenoxy) is 1. The highest BCUT2D eigenvalue weighted by Gasteiger charge is 2.39.